The number of nitrogens with two attached hydrogens (primary N) is 1. The van der Waals surface area contributed by atoms with Crippen molar-refractivity contribution in [1.82, 2.24) is 4.90 Å². The molecule has 4 rings (SSSR count). The molecule has 2 bridgehead atoms. The molecule has 168 valence electrons. The van der Waals surface area contributed by atoms with Crippen LogP contribution in [0.5, 0.6) is 0 Å². The predicted octanol–water partition coefficient (Wildman–Crippen LogP) is 6.08. The van der Waals surface area contributed by atoms with Crippen molar-refractivity contribution < 1.29 is 0 Å². The molecule has 0 amide bonds. The Labute approximate surface area is 191 Å². The van der Waals surface area contributed by atoms with Gasteiger partial charge in [0, 0.05) is 12.6 Å². The summed E-state index contributed by atoms with van der Waals surface area (Å²) in [4.78, 5) is 2.35. The summed E-state index contributed by atoms with van der Waals surface area (Å²) in [7, 11) is 2.16. The first-order valence-electron chi connectivity index (χ1n) is 12.0. The van der Waals surface area contributed by atoms with Gasteiger partial charge in [-0.05, 0) is 90.6 Å². The van der Waals surface area contributed by atoms with Crippen molar-refractivity contribution in [3.05, 3.63) is 35.9 Å². The molecule has 6 atom stereocenters. The molecule has 1 saturated heterocycles. The van der Waals surface area contributed by atoms with E-state index in [4.69, 9.17) is 18.0 Å². The summed E-state index contributed by atoms with van der Waals surface area (Å²) >= 11 is 5.41. The second-order valence-corrected chi connectivity index (χ2v) is 12.2. The van der Waals surface area contributed by atoms with Crippen LogP contribution in [0.4, 0.5) is 0 Å². The highest BCUT2D eigenvalue weighted by Crippen LogP contribution is 2.59. The van der Waals surface area contributed by atoms with Gasteiger partial charge >= 0.3 is 0 Å². The highest BCUT2D eigenvalue weighted by Gasteiger charge is 2.52. The van der Waals surface area contributed by atoms with E-state index >= 15 is 0 Å². The van der Waals surface area contributed by atoms with Crippen molar-refractivity contribution in [2.75, 3.05) is 20.1 Å². The molecule has 3 heteroatoms. The maximum Gasteiger partial charge on any atom is 0.0115 e. The molecule has 2 aliphatic carbocycles. The number of hydrogen-bond donors (Lipinski definition) is 1. The zero-order chi connectivity index (χ0) is 22.2. The summed E-state index contributed by atoms with van der Waals surface area (Å²) in [5.74, 6) is 2.49. The molecule has 1 heterocycles. The minimum Gasteiger partial charge on any atom is -0.327 e. The second-order valence-electron chi connectivity index (χ2n) is 11.9. The smallest absolute Gasteiger partial charge is 0.0115 e. The summed E-state index contributed by atoms with van der Waals surface area (Å²) in [6, 6.07) is 11.6. The molecule has 1 aromatic rings. The molecule has 30 heavy (non-hydrogen) atoms. The number of piperidine rings is 1. The van der Waals surface area contributed by atoms with Crippen LogP contribution in [0.15, 0.2) is 30.3 Å². The van der Waals surface area contributed by atoms with Gasteiger partial charge in [0.2, 0.25) is 0 Å². The molecule has 0 radical (unpaired) electrons. The second kappa shape index (κ2) is 9.00. The number of fused-ring (bicyclic) bond motifs is 2. The summed E-state index contributed by atoms with van der Waals surface area (Å²) in [5, 5.41) is 2.07. The van der Waals surface area contributed by atoms with E-state index in [0.717, 1.165) is 37.3 Å². The fourth-order valence-corrected chi connectivity index (χ4v) is 6.93. The van der Waals surface area contributed by atoms with E-state index in [9.17, 15) is 0 Å². The van der Waals surface area contributed by atoms with Crippen LogP contribution in [0.3, 0.4) is 0 Å². The molecule has 2 N–H and O–H groups in total. The fraction of sp³-hybridized carbons (Fsp3) is 0.741. The Hall–Kier alpha value is -0.770. The summed E-state index contributed by atoms with van der Waals surface area (Å²) in [6.45, 7) is 14.1. The first-order valence-corrected chi connectivity index (χ1v) is 12.4. The number of thiocarbonyl (C=S) groups is 1. The molecule has 3 fully saturated rings. The lowest BCUT2D eigenvalue weighted by Crippen LogP contribution is -2.51. The molecule has 2 nitrogen and oxygen atoms in total. The van der Waals surface area contributed by atoms with Crippen LogP contribution in [0.2, 0.25) is 0 Å². The van der Waals surface area contributed by atoms with Crippen LogP contribution in [-0.4, -0.2) is 36.4 Å². The van der Waals surface area contributed by atoms with Crippen LogP contribution < -0.4 is 5.73 Å². The Morgan fingerprint density at radius 3 is 2.30 bits per heavy atom. The van der Waals surface area contributed by atoms with Gasteiger partial charge in [0.05, 0.1) is 0 Å². The van der Waals surface area contributed by atoms with Crippen molar-refractivity contribution in [1.29, 1.82) is 0 Å². The van der Waals surface area contributed by atoms with Gasteiger partial charge < -0.3 is 10.6 Å². The van der Waals surface area contributed by atoms with Gasteiger partial charge in [-0.15, -0.1) is 0 Å². The number of likely N-dealkylation sites (tertiary alicyclic amines) is 1. The Balaban J connectivity index is 0.000000216. The summed E-state index contributed by atoms with van der Waals surface area (Å²) in [6.07, 6.45) is 6.36. The molecule has 2 saturated carbocycles. The van der Waals surface area contributed by atoms with Gasteiger partial charge in [-0.2, -0.15) is 0 Å². The van der Waals surface area contributed by atoms with E-state index in [-0.39, 0.29) is 5.41 Å². The van der Waals surface area contributed by atoms with E-state index in [0.29, 0.717) is 16.9 Å². The molecular formula is C27H44N2S. The quantitative estimate of drug-likeness (QED) is 0.579. The third-order valence-electron chi connectivity index (χ3n) is 8.65. The van der Waals surface area contributed by atoms with Gasteiger partial charge in [-0.25, -0.2) is 0 Å². The number of hydrogen-bond acceptors (Lipinski definition) is 3. The maximum atomic E-state index is 5.95. The van der Waals surface area contributed by atoms with Gasteiger partial charge in [0.1, 0.15) is 0 Å². The van der Waals surface area contributed by atoms with E-state index in [1.807, 2.05) is 0 Å². The van der Waals surface area contributed by atoms with Gasteiger partial charge in [0.15, 0.2) is 0 Å². The molecule has 1 aliphatic heterocycles. The fourth-order valence-electron chi connectivity index (χ4n) is 6.75. The van der Waals surface area contributed by atoms with Crippen LogP contribution >= 0.6 is 12.2 Å². The molecule has 1 aromatic carbocycles. The largest absolute Gasteiger partial charge is 0.327 e. The minimum atomic E-state index is 0.239. The third kappa shape index (κ3) is 5.00. The molecule has 3 aliphatic rings. The van der Waals surface area contributed by atoms with Crippen LogP contribution in [0.25, 0.3) is 0 Å². The van der Waals surface area contributed by atoms with Crippen molar-refractivity contribution in [3.63, 3.8) is 0 Å². The lowest BCUT2D eigenvalue weighted by atomic mass is 9.48. The van der Waals surface area contributed by atoms with E-state index in [1.54, 1.807) is 5.56 Å². The SMILES string of the molecule is CC1CC2(c3ccccc3)CC(CC(C)(C=S)C2)C1C.CN1CCC(N)C(C)(C)C1. The van der Waals surface area contributed by atoms with Crippen molar-refractivity contribution in [2.24, 2.45) is 34.3 Å². The minimum absolute atomic E-state index is 0.239. The van der Waals surface area contributed by atoms with Gasteiger partial charge in [0.25, 0.3) is 0 Å². The maximum absolute atomic E-state index is 5.95. The Morgan fingerprint density at radius 1 is 1.07 bits per heavy atom. The zero-order valence-electron chi connectivity index (χ0n) is 20.2. The van der Waals surface area contributed by atoms with Gasteiger partial charge in [-0.3, -0.25) is 0 Å². The van der Waals surface area contributed by atoms with Crippen LogP contribution in [-0.2, 0) is 5.41 Å². The Bertz CT molecular complexity index is 713. The standard InChI is InChI=1S/C19H26S.C8H18N2/c1-14-9-19(17-7-5-4-6-8-17)11-16(15(14)2)10-18(3,12-19)13-20;1-8(2)6-10(3)5-4-7(8)9/h4-8,13-16H,9-12H2,1-3H3;7H,4-6,9H2,1-3H3. The third-order valence-corrected chi connectivity index (χ3v) is 9.22. The van der Waals surface area contributed by atoms with Crippen molar-refractivity contribution in [3.8, 4) is 0 Å². The lowest BCUT2D eigenvalue weighted by molar-refractivity contribution is 0.0139. The molecular weight excluding hydrogens is 384 g/mol. The Kier molecular flexibility index (Phi) is 7.16. The van der Waals surface area contributed by atoms with E-state index in [1.165, 1.54) is 25.7 Å². The number of rotatable bonds is 2. The summed E-state index contributed by atoms with van der Waals surface area (Å²) in [5.41, 5.74) is 8.41. The molecule has 6 unspecified atom stereocenters. The van der Waals surface area contributed by atoms with Crippen molar-refractivity contribution >= 4 is 17.6 Å². The normalized spacial score (nSPS) is 40.8. The van der Waals surface area contributed by atoms with E-state index in [2.05, 4.69) is 82.3 Å². The van der Waals surface area contributed by atoms with Crippen molar-refractivity contribution in [2.45, 2.75) is 78.2 Å². The number of benzene rings is 1. The lowest BCUT2D eigenvalue weighted by Gasteiger charge is -2.56. The van der Waals surface area contributed by atoms with Gasteiger partial charge in [-0.1, -0.05) is 77.2 Å². The highest BCUT2D eigenvalue weighted by atomic mass is 32.1. The molecule has 0 aromatic heterocycles. The highest BCUT2D eigenvalue weighted by molar-refractivity contribution is 7.79. The topological polar surface area (TPSA) is 29.3 Å². The Morgan fingerprint density at radius 2 is 1.73 bits per heavy atom. The molecule has 0 spiro atoms. The average Bonchev–Trinajstić information content (AvgIpc) is 2.70. The van der Waals surface area contributed by atoms with Crippen LogP contribution in [0, 0.1) is 28.6 Å². The zero-order valence-corrected chi connectivity index (χ0v) is 21.0. The number of nitrogens with zero attached hydrogens (tertiary/aromatic N) is 1. The monoisotopic (exact) mass is 428 g/mol. The van der Waals surface area contributed by atoms with Crippen LogP contribution in [0.1, 0.15) is 72.3 Å². The first kappa shape index (κ1) is 23.9. The van der Waals surface area contributed by atoms with E-state index < -0.39 is 0 Å². The first-order chi connectivity index (χ1) is 14.0. The average molecular weight is 429 g/mol. The summed E-state index contributed by atoms with van der Waals surface area (Å²) < 4.78 is 0. The predicted molar refractivity (Wildman–Crippen MR) is 134 cm³/mol.